The molecule has 0 radical (unpaired) electrons. The summed E-state index contributed by atoms with van der Waals surface area (Å²) in [4.78, 5) is 30.9. The number of aromatic nitrogens is 3. The van der Waals surface area contributed by atoms with Crippen molar-refractivity contribution >= 4 is 23.2 Å². The molecule has 3 aromatic rings. The molecule has 0 aliphatic rings. The maximum absolute atomic E-state index is 12.7. The molecule has 1 amide bonds. The van der Waals surface area contributed by atoms with E-state index in [4.69, 9.17) is 0 Å². The number of carbonyl (C=O) groups is 2. The Balaban J connectivity index is 1.84. The number of methoxy groups -OCH3 is 1. The summed E-state index contributed by atoms with van der Waals surface area (Å²) >= 11 is 1.54. The van der Waals surface area contributed by atoms with Crippen LogP contribution in [0.5, 0.6) is 0 Å². The molecule has 0 saturated carbocycles. The number of benzene rings is 1. The van der Waals surface area contributed by atoms with Gasteiger partial charge in [-0.05, 0) is 30.0 Å². The van der Waals surface area contributed by atoms with Crippen LogP contribution in [0, 0.1) is 0 Å². The number of esters is 1. The molecule has 0 N–H and O–H groups in total. The number of nitrogens with zero attached hydrogens (tertiary/aromatic N) is 4. The number of rotatable bonds is 7. The predicted octanol–water partition coefficient (Wildman–Crippen LogP) is 3.02. The molecule has 1 aromatic carbocycles. The number of hydrogen-bond acceptors (Lipinski definition) is 6. The van der Waals surface area contributed by atoms with Crippen LogP contribution in [-0.2, 0) is 9.53 Å². The van der Waals surface area contributed by atoms with E-state index < -0.39 is 0 Å². The topological polar surface area (TPSA) is 77.3 Å². The lowest BCUT2D eigenvalue weighted by atomic mass is 10.3. The van der Waals surface area contributed by atoms with E-state index in [1.165, 1.54) is 23.3 Å². The summed E-state index contributed by atoms with van der Waals surface area (Å²) in [5, 5.41) is 6.40. The lowest BCUT2D eigenvalue weighted by molar-refractivity contribution is -0.140. The molecule has 0 bridgehead atoms. The van der Waals surface area contributed by atoms with Crippen molar-refractivity contribution in [3.63, 3.8) is 0 Å². The summed E-state index contributed by atoms with van der Waals surface area (Å²) in [5.41, 5.74) is 0.834. The number of amides is 1. The summed E-state index contributed by atoms with van der Waals surface area (Å²) < 4.78 is 6.30. The van der Waals surface area contributed by atoms with Gasteiger partial charge in [-0.25, -0.2) is 9.67 Å². The molecule has 0 aliphatic heterocycles. The van der Waals surface area contributed by atoms with Crippen molar-refractivity contribution in [2.45, 2.75) is 12.8 Å². The Hall–Kier alpha value is -3.00. The van der Waals surface area contributed by atoms with Gasteiger partial charge in [-0.3, -0.25) is 9.59 Å². The van der Waals surface area contributed by atoms with Crippen LogP contribution in [-0.4, -0.2) is 52.2 Å². The van der Waals surface area contributed by atoms with E-state index >= 15 is 0 Å². The van der Waals surface area contributed by atoms with Gasteiger partial charge >= 0.3 is 5.97 Å². The third-order valence-electron chi connectivity index (χ3n) is 3.99. The van der Waals surface area contributed by atoms with Gasteiger partial charge in [0.05, 0.1) is 17.7 Å². The Kier molecular flexibility index (Phi) is 5.97. The van der Waals surface area contributed by atoms with Gasteiger partial charge < -0.3 is 9.64 Å². The Bertz CT molecular complexity index is 906. The van der Waals surface area contributed by atoms with Gasteiger partial charge in [0, 0.05) is 20.0 Å². The SMILES string of the molecule is COC(=O)CCCN(C)C(=O)c1nc(-c2cccs2)n(-c2ccccc2)n1. The Morgan fingerprint density at radius 3 is 2.63 bits per heavy atom. The van der Waals surface area contributed by atoms with Crippen LogP contribution in [0.2, 0.25) is 0 Å². The van der Waals surface area contributed by atoms with Crippen molar-refractivity contribution < 1.29 is 14.3 Å². The van der Waals surface area contributed by atoms with Crippen LogP contribution in [0.1, 0.15) is 23.5 Å². The van der Waals surface area contributed by atoms with Crippen molar-refractivity contribution in [3.05, 3.63) is 53.7 Å². The minimum absolute atomic E-state index is 0.128. The van der Waals surface area contributed by atoms with Gasteiger partial charge in [0.25, 0.3) is 5.91 Å². The molecule has 0 spiro atoms. The number of thiophene rings is 1. The first kappa shape index (κ1) is 18.8. The Morgan fingerprint density at radius 1 is 1.19 bits per heavy atom. The third-order valence-corrected chi connectivity index (χ3v) is 4.86. The van der Waals surface area contributed by atoms with Crippen molar-refractivity contribution in [2.75, 3.05) is 20.7 Å². The Morgan fingerprint density at radius 2 is 1.96 bits per heavy atom. The zero-order chi connectivity index (χ0) is 19.2. The largest absolute Gasteiger partial charge is 0.469 e. The number of hydrogen-bond donors (Lipinski definition) is 0. The van der Waals surface area contributed by atoms with E-state index in [-0.39, 0.29) is 24.1 Å². The fraction of sp³-hybridized carbons (Fsp3) is 0.263. The molecule has 27 heavy (non-hydrogen) atoms. The summed E-state index contributed by atoms with van der Waals surface area (Å²) in [6, 6.07) is 13.5. The fourth-order valence-electron chi connectivity index (χ4n) is 2.55. The monoisotopic (exact) mass is 384 g/mol. The summed E-state index contributed by atoms with van der Waals surface area (Å²) in [7, 11) is 3.02. The third kappa shape index (κ3) is 4.40. The summed E-state index contributed by atoms with van der Waals surface area (Å²) in [5.74, 6) is 0.181. The number of ether oxygens (including phenoxy) is 1. The second-order valence-electron chi connectivity index (χ2n) is 5.89. The normalized spacial score (nSPS) is 10.6. The van der Waals surface area contributed by atoms with E-state index in [0.717, 1.165) is 10.6 Å². The van der Waals surface area contributed by atoms with Crippen molar-refractivity contribution in [2.24, 2.45) is 0 Å². The van der Waals surface area contributed by atoms with Gasteiger partial charge in [0.2, 0.25) is 5.82 Å². The number of para-hydroxylation sites is 1. The smallest absolute Gasteiger partial charge is 0.305 e. The van der Waals surface area contributed by atoms with E-state index in [1.807, 2.05) is 47.8 Å². The highest BCUT2D eigenvalue weighted by Gasteiger charge is 2.22. The van der Waals surface area contributed by atoms with E-state index in [9.17, 15) is 9.59 Å². The molecule has 140 valence electrons. The maximum atomic E-state index is 12.7. The molecule has 0 unspecified atom stereocenters. The van der Waals surface area contributed by atoms with Crippen LogP contribution >= 0.6 is 11.3 Å². The van der Waals surface area contributed by atoms with Crippen LogP contribution in [0.25, 0.3) is 16.4 Å². The molecular weight excluding hydrogens is 364 g/mol. The average Bonchev–Trinajstić information content (AvgIpc) is 3.37. The minimum atomic E-state index is -0.290. The van der Waals surface area contributed by atoms with E-state index in [2.05, 4.69) is 14.8 Å². The first-order chi connectivity index (χ1) is 13.1. The van der Waals surface area contributed by atoms with Crippen LogP contribution < -0.4 is 0 Å². The molecular formula is C19H20N4O3S. The maximum Gasteiger partial charge on any atom is 0.305 e. The zero-order valence-electron chi connectivity index (χ0n) is 15.2. The lowest BCUT2D eigenvalue weighted by Crippen LogP contribution is -2.29. The molecule has 0 fully saturated rings. The van der Waals surface area contributed by atoms with Gasteiger partial charge in [0.1, 0.15) is 0 Å². The fourth-order valence-corrected chi connectivity index (χ4v) is 3.25. The van der Waals surface area contributed by atoms with Gasteiger partial charge in [-0.15, -0.1) is 16.4 Å². The molecule has 3 rings (SSSR count). The lowest BCUT2D eigenvalue weighted by Gasteiger charge is -2.14. The molecule has 2 heterocycles. The second kappa shape index (κ2) is 8.59. The Labute approximate surface area is 161 Å². The highest BCUT2D eigenvalue weighted by molar-refractivity contribution is 7.13. The first-order valence-electron chi connectivity index (χ1n) is 8.49. The van der Waals surface area contributed by atoms with Gasteiger partial charge in [-0.1, -0.05) is 24.3 Å². The second-order valence-corrected chi connectivity index (χ2v) is 6.84. The minimum Gasteiger partial charge on any atom is -0.469 e. The first-order valence-corrected chi connectivity index (χ1v) is 9.36. The molecule has 7 nitrogen and oxygen atoms in total. The van der Waals surface area contributed by atoms with Crippen LogP contribution in [0.15, 0.2) is 47.8 Å². The van der Waals surface area contributed by atoms with Crippen molar-refractivity contribution in [1.82, 2.24) is 19.7 Å². The predicted molar refractivity (Wildman–Crippen MR) is 103 cm³/mol. The van der Waals surface area contributed by atoms with Gasteiger partial charge in [-0.2, -0.15) is 0 Å². The van der Waals surface area contributed by atoms with Crippen LogP contribution in [0.4, 0.5) is 0 Å². The van der Waals surface area contributed by atoms with Crippen molar-refractivity contribution in [3.8, 4) is 16.4 Å². The number of carbonyl (C=O) groups excluding carboxylic acids is 2. The molecule has 0 aliphatic carbocycles. The van der Waals surface area contributed by atoms with Crippen LogP contribution in [0.3, 0.4) is 0 Å². The van der Waals surface area contributed by atoms with Crippen molar-refractivity contribution in [1.29, 1.82) is 0 Å². The van der Waals surface area contributed by atoms with Gasteiger partial charge in [0.15, 0.2) is 5.82 Å². The van der Waals surface area contributed by atoms with E-state index in [1.54, 1.807) is 11.7 Å². The molecule has 0 atom stereocenters. The standard InChI is InChI=1S/C19H20N4O3S/c1-22(12-6-11-16(24)26-2)19(25)17-20-18(15-10-7-13-27-15)23(21-17)14-8-4-3-5-9-14/h3-5,7-10,13H,6,11-12H2,1-2H3. The van der Waals surface area contributed by atoms with E-state index in [0.29, 0.717) is 18.8 Å². The average molecular weight is 384 g/mol. The molecule has 2 aromatic heterocycles. The summed E-state index contributed by atoms with van der Waals surface area (Å²) in [6.07, 6.45) is 0.784. The quantitative estimate of drug-likeness (QED) is 0.585. The highest BCUT2D eigenvalue weighted by atomic mass is 32.1. The highest BCUT2D eigenvalue weighted by Crippen LogP contribution is 2.25. The molecule has 8 heteroatoms. The zero-order valence-corrected chi connectivity index (χ0v) is 16.0. The summed E-state index contributed by atoms with van der Waals surface area (Å²) in [6.45, 7) is 0.419. The molecule has 0 saturated heterocycles.